The molecule has 0 unspecified atom stereocenters. The van der Waals surface area contributed by atoms with Crippen molar-refractivity contribution in [3.63, 3.8) is 0 Å². The summed E-state index contributed by atoms with van der Waals surface area (Å²) >= 11 is 0. The Balaban J connectivity index is 3.52. The average Bonchev–Trinajstić information content (AvgIpc) is 2.23. The third-order valence-electron chi connectivity index (χ3n) is 1.08. The van der Waals surface area contributed by atoms with Gasteiger partial charge in [0.15, 0.2) is 0 Å². The average molecular weight is 214 g/mol. The van der Waals surface area contributed by atoms with E-state index >= 15 is 0 Å². The molecule has 8 nitrogen and oxygen atoms in total. The maximum atomic E-state index is 10.8. The van der Waals surface area contributed by atoms with E-state index in [9.17, 15) is 9.59 Å². The number of aliphatic hydroxyl groups is 2. The zero-order valence-corrected chi connectivity index (χ0v) is 7.73. The highest BCUT2D eigenvalue weighted by molar-refractivity contribution is 6.38. The molecule has 0 heterocycles. The van der Waals surface area contributed by atoms with Crippen LogP contribution >= 0.6 is 0 Å². The number of hydrogen-bond acceptors (Lipinski definition) is 4. The molecule has 4 amide bonds. The van der Waals surface area contributed by atoms with E-state index in [0.29, 0.717) is 12.5 Å². The Labute approximate surface area is 86.3 Å². The summed E-state index contributed by atoms with van der Waals surface area (Å²) in [7, 11) is -0.101. The summed E-state index contributed by atoms with van der Waals surface area (Å²) in [5, 5.41) is 25.2. The summed E-state index contributed by atoms with van der Waals surface area (Å²) in [6, 6.07) is -1.17. The van der Waals surface area contributed by atoms with E-state index in [0.717, 1.165) is 12.4 Å². The predicted octanol–water partition coefficient (Wildman–Crippen LogP) is -1.09. The molecule has 0 bridgehead atoms. The van der Waals surface area contributed by atoms with Crippen molar-refractivity contribution < 1.29 is 19.8 Å². The quantitative estimate of drug-likeness (QED) is 0.263. The summed E-state index contributed by atoms with van der Waals surface area (Å²) in [5.41, 5.74) is 0. The van der Waals surface area contributed by atoms with Gasteiger partial charge in [0.1, 0.15) is 0 Å². The van der Waals surface area contributed by atoms with Crippen molar-refractivity contribution in [3.05, 3.63) is 24.9 Å². The van der Waals surface area contributed by atoms with Gasteiger partial charge < -0.3 is 31.3 Å². The molecule has 9 heteroatoms. The number of hydrogen-bond donors (Lipinski definition) is 6. The molecule has 6 N–H and O–H groups in total. The maximum Gasteiger partial charge on any atom is 0.358 e. The van der Waals surface area contributed by atoms with Crippen LogP contribution in [0.4, 0.5) is 9.59 Å². The molecule has 0 aromatic heterocycles. The Hall–Kier alpha value is -2.32. The summed E-state index contributed by atoms with van der Waals surface area (Å²) in [5.74, 6) is 0. The van der Waals surface area contributed by atoms with E-state index in [1.807, 2.05) is 0 Å². The minimum Gasteiger partial charge on any atom is -0.514 e. The highest BCUT2D eigenvalue weighted by Gasteiger charge is 2.00. The molecule has 0 radical (unpaired) electrons. The van der Waals surface area contributed by atoms with Crippen molar-refractivity contribution in [2.24, 2.45) is 0 Å². The van der Waals surface area contributed by atoms with Crippen LogP contribution in [0, 0.1) is 0 Å². The number of amides is 4. The monoisotopic (exact) mass is 214 g/mol. The van der Waals surface area contributed by atoms with Crippen molar-refractivity contribution >= 4 is 19.6 Å². The first-order chi connectivity index (χ1) is 7.20. The topological polar surface area (TPSA) is 123 Å². The number of carbonyl (C=O) groups excluding carboxylic acids is 2. The second-order valence-electron chi connectivity index (χ2n) is 2.11. The second-order valence-corrected chi connectivity index (χ2v) is 2.11. The molecular weight excluding hydrogens is 203 g/mol. The van der Waals surface area contributed by atoms with Gasteiger partial charge in [-0.15, -0.1) is 0 Å². The standard InChI is InChI=1S/C6H11BN4O4/c12-3-1-8-5(14)10-7-11-6(15)9-2-4-13/h1-4,7,12-13H,(H2,8,10,14)(H2,9,11,15)/b3-1+,4-2+. The van der Waals surface area contributed by atoms with Crippen molar-refractivity contribution in [3.8, 4) is 0 Å². The summed E-state index contributed by atoms with van der Waals surface area (Å²) in [6.07, 6.45) is 3.35. The van der Waals surface area contributed by atoms with Crippen LogP contribution in [-0.2, 0) is 0 Å². The SMILES string of the molecule is O=C(NBNC(=O)N/C=C/O)N/C=C/O. The Morgan fingerprint density at radius 2 is 1.33 bits per heavy atom. The van der Waals surface area contributed by atoms with E-state index in [1.165, 1.54) is 0 Å². The summed E-state index contributed by atoms with van der Waals surface area (Å²) < 4.78 is 0. The molecule has 0 aromatic carbocycles. The molecule has 0 atom stereocenters. The first kappa shape index (κ1) is 12.7. The third kappa shape index (κ3) is 8.03. The molecule has 82 valence electrons. The number of nitrogens with one attached hydrogen (secondary N) is 4. The van der Waals surface area contributed by atoms with Gasteiger partial charge in [0.25, 0.3) is 0 Å². The third-order valence-corrected chi connectivity index (χ3v) is 1.08. The van der Waals surface area contributed by atoms with Crippen LogP contribution in [0.5, 0.6) is 0 Å². The molecule has 0 fully saturated rings. The van der Waals surface area contributed by atoms with Crippen LogP contribution < -0.4 is 21.1 Å². The lowest BCUT2D eigenvalue weighted by Gasteiger charge is -2.04. The lowest BCUT2D eigenvalue weighted by atomic mass is 10.2. The van der Waals surface area contributed by atoms with Crippen LogP contribution in [0.25, 0.3) is 0 Å². The van der Waals surface area contributed by atoms with Gasteiger partial charge in [-0.25, -0.2) is 9.59 Å². The zero-order valence-electron chi connectivity index (χ0n) is 7.73. The van der Waals surface area contributed by atoms with Crippen LogP contribution in [0.2, 0.25) is 0 Å². The number of rotatable bonds is 4. The van der Waals surface area contributed by atoms with E-state index in [2.05, 4.69) is 21.1 Å². The summed E-state index contributed by atoms with van der Waals surface area (Å²) in [4.78, 5) is 21.6. The van der Waals surface area contributed by atoms with Crippen molar-refractivity contribution in [2.75, 3.05) is 0 Å². The molecule has 0 saturated carbocycles. The number of urea groups is 2. The number of aliphatic hydroxyl groups excluding tert-OH is 2. The van der Waals surface area contributed by atoms with E-state index in [-0.39, 0.29) is 7.55 Å². The van der Waals surface area contributed by atoms with Gasteiger partial charge >= 0.3 is 19.6 Å². The molecular formula is C6H11BN4O4. The lowest BCUT2D eigenvalue weighted by Crippen LogP contribution is -2.46. The van der Waals surface area contributed by atoms with Crippen LogP contribution in [0.15, 0.2) is 24.9 Å². The van der Waals surface area contributed by atoms with Gasteiger partial charge in [-0.3, -0.25) is 0 Å². The van der Waals surface area contributed by atoms with E-state index in [4.69, 9.17) is 10.2 Å². The fourth-order valence-electron chi connectivity index (χ4n) is 0.533. The normalized spacial score (nSPS) is 9.87. The highest BCUT2D eigenvalue weighted by atomic mass is 16.2. The van der Waals surface area contributed by atoms with E-state index in [1.54, 1.807) is 0 Å². The van der Waals surface area contributed by atoms with Crippen LogP contribution in [-0.4, -0.2) is 29.8 Å². The molecule has 0 rings (SSSR count). The van der Waals surface area contributed by atoms with Gasteiger partial charge in [-0.2, -0.15) is 0 Å². The van der Waals surface area contributed by atoms with Gasteiger partial charge in [0.05, 0.1) is 12.5 Å². The zero-order chi connectivity index (χ0) is 11.5. The lowest BCUT2D eigenvalue weighted by molar-refractivity contribution is 0.247. The minimum atomic E-state index is -0.585. The number of carbonyl (C=O) groups is 2. The first-order valence-electron chi connectivity index (χ1n) is 3.88. The maximum absolute atomic E-state index is 10.8. The molecule has 15 heavy (non-hydrogen) atoms. The van der Waals surface area contributed by atoms with Crippen LogP contribution in [0.1, 0.15) is 0 Å². The van der Waals surface area contributed by atoms with Crippen LogP contribution in [0.3, 0.4) is 0 Å². The molecule has 0 aliphatic carbocycles. The van der Waals surface area contributed by atoms with Gasteiger partial charge in [-0.05, 0) is 0 Å². The Morgan fingerprint density at radius 3 is 1.67 bits per heavy atom. The largest absolute Gasteiger partial charge is 0.514 e. The van der Waals surface area contributed by atoms with Crippen molar-refractivity contribution in [1.82, 2.24) is 21.1 Å². The fraction of sp³-hybridized carbons (Fsp3) is 0. The molecule has 0 spiro atoms. The smallest absolute Gasteiger partial charge is 0.358 e. The molecule has 0 saturated heterocycles. The highest BCUT2D eigenvalue weighted by Crippen LogP contribution is 1.65. The second kappa shape index (κ2) is 8.29. The Bertz CT molecular complexity index is 242. The minimum absolute atomic E-state index is 0.101. The Kier molecular flexibility index (Phi) is 7.01. The molecule has 0 aliphatic heterocycles. The Morgan fingerprint density at radius 1 is 0.933 bits per heavy atom. The summed E-state index contributed by atoms with van der Waals surface area (Å²) in [6.45, 7) is 0. The van der Waals surface area contributed by atoms with Crippen molar-refractivity contribution in [1.29, 1.82) is 0 Å². The first-order valence-corrected chi connectivity index (χ1v) is 3.88. The fourth-order valence-corrected chi connectivity index (χ4v) is 0.533. The van der Waals surface area contributed by atoms with Gasteiger partial charge in [-0.1, -0.05) is 0 Å². The van der Waals surface area contributed by atoms with Gasteiger partial charge in [0.2, 0.25) is 0 Å². The van der Waals surface area contributed by atoms with E-state index < -0.39 is 12.1 Å². The van der Waals surface area contributed by atoms with Gasteiger partial charge in [0, 0.05) is 12.4 Å². The molecule has 0 aromatic rings. The molecule has 0 aliphatic rings. The predicted molar refractivity (Wildman–Crippen MR) is 54.0 cm³/mol. The van der Waals surface area contributed by atoms with Crippen molar-refractivity contribution in [2.45, 2.75) is 0 Å².